The lowest BCUT2D eigenvalue weighted by Crippen LogP contribution is -2.01. The van der Waals surface area contributed by atoms with Crippen molar-refractivity contribution in [3.05, 3.63) is 39.7 Å². The van der Waals surface area contributed by atoms with E-state index in [1.165, 1.54) is 28.7 Å². The van der Waals surface area contributed by atoms with Crippen LogP contribution in [0.5, 0.6) is 0 Å². The molecule has 3 aromatic heterocycles. The van der Waals surface area contributed by atoms with Crippen LogP contribution in [0.25, 0.3) is 27.3 Å². The molecule has 0 saturated heterocycles. The highest BCUT2D eigenvalue weighted by Gasteiger charge is 2.24. The Balaban J connectivity index is 1.86. The van der Waals surface area contributed by atoms with Gasteiger partial charge in [0.05, 0.1) is 10.4 Å². The first-order chi connectivity index (χ1) is 13.3. The molecular formula is C20H19ClN4S2. The first-order valence-electron chi connectivity index (χ1n) is 9.35. The summed E-state index contributed by atoms with van der Waals surface area (Å²) in [6.07, 6.45) is 5.85. The minimum absolute atomic E-state index is 0.701. The molecule has 138 valence electrons. The third-order valence-corrected chi connectivity index (χ3v) is 7.63. The Bertz CT molecular complexity index is 1150. The quantitative estimate of drug-likeness (QED) is 0.382. The summed E-state index contributed by atoms with van der Waals surface area (Å²) >= 11 is 10.1. The third-order valence-electron chi connectivity index (χ3n) is 4.98. The highest BCUT2D eigenvalue weighted by atomic mass is 35.5. The zero-order valence-electron chi connectivity index (χ0n) is 15.0. The average Bonchev–Trinajstić information content (AvgIpc) is 3.27. The molecule has 27 heavy (non-hydrogen) atoms. The van der Waals surface area contributed by atoms with Crippen LogP contribution < -0.4 is 0 Å². The van der Waals surface area contributed by atoms with Crippen LogP contribution in [0.3, 0.4) is 0 Å². The van der Waals surface area contributed by atoms with Crippen LogP contribution in [0.4, 0.5) is 0 Å². The van der Waals surface area contributed by atoms with E-state index in [-0.39, 0.29) is 0 Å². The van der Waals surface area contributed by atoms with E-state index >= 15 is 0 Å². The van der Waals surface area contributed by atoms with E-state index in [9.17, 15) is 0 Å². The lowest BCUT2D eigenvalue weighted by Gasteiger charge is -2.12. The Kier molecular flexibility index (Phi) is 4.58. The van der Waals surface area contributed by atoms with Crippen molar-refractivity contribution in [3.8, 4) is 11.4 Å². The molecule has 0 atom stereocenters. The molecule has 0 unspecified atom stereocenters. The molecule has 4 aromatic rings. The molecule has 0 aliphatic heterocycles. The summed E-state index contributed by atoms with van der Waals surface area (Å²) in [5.74, 6) is 1.84. The minimum atomic E-state index is 0.701. The topological polar surface area (TPSA) is 43.1 Å². The Morgan fingerprint density at radius 1 is 1.19 bits per heavy atom. The summed E-state index contributed by atoms with van der Waals surface area (Å²) in [6, 6.07) is 7.89. The van der Waals surface area contributed by atoms with Crippen molar-refractivity contribution in [2.75, 3.05) is 5.75 Å². The van der Waals surface area contributed by atoms with Crippen LogP contribution in [0.2, 0.25) is 5.02 Å². The van der Waals surface area contributed by atoms with E-state index in [1.807, 2.05) is 35.6 Å². The van der Waals surface area contributed by atoms with Gasteiger partial charge in [-0.1, -0.05) is 42.4 Å². The Hall–Kier alpha value is -1.63. The van der Waals surface area contributed by atoms with Gasteiger partial charge in [-0.15, -0.1) is 21.5 Å². The zero-order chi connectivity index (χ0) is 18.4. The van der Waals surface area contributed by atoms with Gasteiger partial charge in [0.25, 0.3) is 0 Å². The number of aryl methyl sites for hydroxylation is 2. The van der Waals surface area contributed by atoms with Gasteiger partial charge >= 0.3 is 0 Å². The standard InChI is InChI=1S/C20H19ClN4S2/c1-2-11-26-20-24-23-18-16-13-8-4-6-10-15(13)27-19(16)22-17(25(18)20)12-7-3-5-9-14(12)21/h3,5,7,9H,2,4,6,8,10-11H2,1H3. The summed E-state index contributed by atoms with van der Waals surface area (Å²) in [5.41, 5.74) is 3.28. The molecule has 3 heterocycles. The van der Waals surface area contributed by atoms with E-state index in [1.54, 1.807) is 11.8 Å². The lowest BCUT2D eigenvalue weighted by molar-refractivity contribution is 0.700. The smallest absolute Gasteiger partial charge is 0.197 e. The fourth-order valence-corrected chi connectivity index (χ4v) is 6.00. The number of nitrogens with zero attached hydrogens (tertiary/aromatic N) is 4. The van der Waals surface area contributed by atoms with Crippen LogP contribution in [-0.2, 0) is 12.8 Å². The molecule has 1 aliphatic rings. The van der Waals surface area contributed by atoms with Crippen molar-refractivity contribution in [3.63, 3.8) is 0 Å². The molecule has 7 heteroatoms. The summed E-state index contributed by atoms with van der Waals surface area (Å²) in [4.78, 5) is 7.61. The Labute approximate surface area is 171 Å². The second-order valence-corrected chi connectivity index (χ2v) is 9.35. The van der Waals surface area contributed by atoms with E-state index in [0.717, 1.165) is 52.0 Å². The summed E-state index contributed by atoms with van der Waals surface area (Å²) in [6.45, 7) is 2.18. The Morgan fingerprint density at radius 2 is 2.04 bits per heavy atom. The van der Waals surface area contributed by atoms with Crippen LogP contribution in [0.15, 0.2) is 29.4 Å². The second-order valence-electron chi connectivity index (χ2n) is 6.80. The minimum Gasteiger partial charge on any atom is -0.253 e. The average molecular weight is 415 g/mol. The fourth-order valence-electron chi connectivity index (χ4n) is 3.74. The molecule has 5 rings (SSSR count). The predicted octanol–water partition coefficient (Wildman–Crippen LogP) is 6.04. The van der Waals surface area contributed by atoms with Crippen molar-refractivity contribution in [1.29, 1.82) is 0 Å². The maximum Gasteiger partial charge on any atom is 0.197 e. The Morgan fingerprint density at radius 3 is 2.89 bits per heavy atom. The molecule has 4 nitrogen and oxygen atoms in total. The highest BCUT2D eigenvalue weighted by molar-refractivity contribution is 7.99. The monoisotopic (exact) mass is 414 g/mol. The molecule has 0 N–H and O–H groups in total. The fraction of sp³-hybridized carbons (Fsp3) is 0.350. The van der Waals surface area contributed by atoms with Crippen molar-refractivity contribution in [2.45, 2.75) is 44.2 Å². The van der Waals surface area contributed by atoms with Gasteiger partial charge in [-0.2, -0.15) is 0 Å². The zero-order valence-corrected chi connectivity index (χ0v) is 17.4. The number of halogens is 1. The number of benzene rings is 1. The van der Waals surface area contributed by atoms with Crippen molar-refractivity contribution in [2.24, 2.45) is 0 Å². The first kappa shape index (κ1) is 17.5. The van der Waals surface area contributed by atoms with Gasteiger partial charge in [-0.25, -0.2) is 4.98 Å². The summed E-state index contributed by atoms with van der Waals surface area (Å²) in [7, 11) is 0. The molecule has 0 saturated carbocycles. The molecular weight excluding hydrogens is 396 g/mol. The number of hydrogen-bond donors (Lipinski definition) is 0. The normalized spacial score (nSPS) is 14.1. The number of hydrogen-bond acceptors (Lipinski definition) is 5. The van der Waals surface area contributed by atoms with E-state index < -0.39 is 0 Å². The van der Waals surface area contributed by atoms with Crippen LogP contribution >= 0.6 is 34.7 Å². The first-order valence-corrected chi connectivity index (χ1v) is 11.5. The summed E-state index contributed by atoms with van der Waals surface area (Å²) < 4.78 is 2.12. The largest absolute Gasteiger partial charge is 0.253 e. The second kappa shape index (κ2) is 7.08. The number of thiophene rings is 1. The van der Waals surface area contributed by atoms with Crippen molar-refractivity contribution < 1.29 is 0 Å². The van der Waals surface area contributed by atoms with E-state index in [2.05, 4.69) is 21.5 Å². The van der Waals surface area contributed by atoms with Gasteiger partial charge in [0.15, 0.2) is 16.6 Å². The number of fused-ring (bicyclic) bond motifs is 5. The van der Waals surface area contributed by atoms with Gasteiger partial charge < -0.3 is 0 Å². The van der Waals surface area contributed by atoms with Crippen molar-refractivity contribution in [1.82, 2.24) is 19.6 Å². The highest BCUT2D eigenvalue weighted by Crippen LogP contribution is 2.40. The predicted molar refractivity (Wildman–Crippen MR) is 114 cm³/mol. The lowest BCUT2D eigenvalue weighted by atomic mass is 9.97. The summed E-state index contributed by atoms with van der Waals surface area (Å²) in [5, 5.41) is 11.9. The van der Waals surface area contributed by atoms with Crippen LogP contribution in [-0.4, -0.2) is 25.3 Å². The number of aromatic nitrogens is 4. The van der Waals surface area contributed by atoms with Crippen molar-refractivity contribution >= 4 is 50.6 Å². The molecule has 0 fully saturated rings. The number of rotatable bonds is 4. The third kappa shape index (κ3) is 2.85. The van der Waals surface area contributed by atoms with Gasteiger partial charge in [-0.05, 0) is 49.8 Å². The van der Waals surface area contributed by atoms with Crippen LogP contribution in [0.1, 0.15) is 36.6 Å². The molecule has 0 bridgehead atoms. The van der Waals surface area contributed by atoms with Gasteiger partial charge in [0.1, 0.15) is 4.83 Å². The van der Waals surface area contributed by atoms with Gasteiger partial charge in [-0.3, -0.25) is 4.40 Å². The van der Waals surface area contributed by atoms with Gasteiger partial charge in [0, 0.05) is 16.2 Å². The molecule has 0 radical (unpaired) electrons. The SMILES string of the molecule is CCCSc1nnc2c3c4c(sc3nc(-c3ccccc3Cl)n12)CCCC4. The van der Waals surface area contributed by atoms with E-state index in [0.29, 0.717) is 5.02 Å². The van der Waals surface area contributed by atoms with E-state index in [4.69, 9.17) is 16.6 Å². The number of thioether (sulfide) groups is 1. The molecule has 1 aromatic carbocycles. The molecule has 0 amide bonds. The maximum absolute atomic E-state index is 6.54. The molecule has 0 spiro atoms. The van der Waals surface area contributed by atoms with Gasteiger partial charge in [0.2, 0.25) is 0 Å². The molecule has 1 aliphatic carbocycles. The maximum atomic E-state index is 6.54. The van der Waals surface area contributed by atoms with Crippen LogP contribution in [0, 0.1) is 0 Å².